The molecule has 0 radical (unpaired) electrons. The van der Waals surface area contributed by atoms with E-state index in [1.807, 2.05) is 0 Å². The van der Waals surface area contributed by atoms with Crippen molar-refractivity contribution < 1.29 is 23.1 Å². The van der Waals surface area contributed by atoms with E-state index < -0.39 is 23.4 Å². The van der Waals surface area contributed by atoms with Crippen LogP contribution in [0.5, 0.6) is 0 Å². The van der Waals surface area contributed by atoms with Crippen molar-refractivity contribution >= 4 is 11.9 Å². The summed E-state index contributed by atoms with van der Waals surface area (Å²) < 4.78 is 38.6. The van der Waals surface area contributed by atoms with Crippen LogP contribution in [0.25, 0.3) is 0 Å². The van der Waals surface area contributed by atoms with E-state index in [4.69, 9.17) is 5.11 Å². The molecule has 0 unspecified atom stereocenters. The zero-order valence-corrected chi connectivity index (χ0v) is 11.0. The molecule has 2 aliphatic rings. The fraction of sp³-hybridized carbons (Fsp3) is 0.615. The van der Waals surface area contributed by atoms with Gasteiger partial charge in [0.25, 0.3) is 0 Å². The molecular formula is C13H14F3N3O2. The minimum Gasteiger partial charge on any atom is -0.478 e. The molecule has 5 nitrogen and oxygen atoms in total. The summed E-state index contributed by atoms with van der Waals surface area (Å²) in [6, 6.07) is 0.0838. The lowest BCUT2D eigenvalue weighted by Gasteiger charge is -2.23. The number of hydrogen-bond donors (Lipinski definition) is 2. The van der Waals surface area contributed by atoms with E-state index >= 15 is 0 Å². The molecule has 3 atom stereocenters. The van der Waals surface area contributed by atoms with E-state index in [1.54, 1.807) is 0 Å². The van der Waals surface area contributed by atoms with Gasteiger partial charge in [0.2, 0.25) is 5.95 Å². The van der Waals surface area contributed by atoms with Crippen LogP contribution in [-0.2, 0) is 6.18 Å². The average Bonchev–Trinajstić information content (AvgIpc) is 2.99. The van der Waals surface area contributed by atoms with Crippen molar-refractivity contribution in [2.45, 2.75) is 37.9 Å². The number of hydrogen-bond acceptors (Lipinski definition) is 4. The first-order chi connectivity index (χ1) is 9.84. The van der Waals surface area contributed by atoms with Crippen LogP contribution in [0, 0.1) is 11.8 Å². The Morgan fingerprint density at radius 1 is 1.33 bits per heavy atom. The first kappa shape index (κ1) is 14.1. The van der Waals surface area contributed by atoms with Gasteiger partial charge in [-0.15, -0.1) is 0 Å². The minimum atomic E-state index is -4.82. The maximum atomic E-state index is 12.9. The van der Waals surface area contributed by atoms with Crippen LogP contribution in [0.2, 0.25) is 0 Å². The van der Waals surface area contributed by atoms with Crippen molar-refractivity contribution in [1.82, 2.24) is 9.97 Å². The van der Waals surface area contributed by atoms with Gasteiger partial charge in [-0.05, 0) is 31.1 Å². The molecule has 0 saturated heterocycles. The third kappa shape index (κ3) is 2.66. The first-order valence-electron chi connectivity index (χ1n) is 6.78. The summed E-state index contributed by atoms with van der Waals surface area (Å²) in [4.78, 5) is 17.9. The Morgan fingerprint density at radius 3 is 2.62 bits per heavy atom. The minimum absolute atomic E-state index is 0.0838. The molecule has 2 aliphatic carbocycles. The Hall–Kier alpha value is -1.86. The molecule has 0 aliphatic heterocycles. The number of nitrogens with one attached hydrogen (secondary N) is 1. The molecule has 1 heterocycles. The number of aromatic carboxylic acids is 1. The number of anilines is 1. The SMILES string of the molecule is O=C(O)c1cnc(N[C@@H]2C[C@@H]3CC[C@H]2C3)nc1C(F)(F)F. The van der Waals surface area contributed by atoms with Gasteiger partial charge in [-0.25, -0.2) is 14.8 Å². The number of halogens is 3. The highest BCUT2D eigenvalue weighted by molar-refractivity contribution is 5.88. The van der Waals surface area contributed by atoms with E-state index in [2.05, 4.69) is 15.3 Å². The van der Waals surface area contributed by atoms with Crippen molar-refractivity contribution in [3.63, 3.8) is 0 Å². The molecule has 1 aromatic heterocycles. The van der Waals surface area contributed by atoms with Crippen LogP contribution in [0.4, 0.5) is 19.1 Å². The van der Waals surface area contributed by atoms with Crippen LogP contribution >= 0.6 is 0 Å². The zero-order chi connectivity index (χ0) is 15.2. The largest absolute Gasteiger partial charge is 0.478 e. The second-order valence-electron chi connectivity index (χ2n) is 5.68. The third-order valence-corrected chi connectivity index (χ3v) is 4.34. The lowest BCUT2D eigenvalue weighted by Crippen LogP contribution is -2.28. The van der Waals surface area contributed by atoms with Gasteiger partial charge in [0.15, 0.2) is 5.69 Å². The second-order valence-corrected chi connectivity index (χ2v) is 5.68. The highest BCUT2D eigenvalue weighted by Gasteiger charge is 2.41. The third-order valence-electron chi connectivity index (χ3n) is 4.34. The van der Waals surface area contributed by atoms with E-state index in [1.165, 1.54) is 6.42 Å². The molecule has 0 aromatic carbocycles. The maximum absolute atomic E-state index is 12.9. The topological polar surface area (TPSA) is 75.1 Å². The van der Waals surface area contributed by atoms with Crippen molar-refractivity contribution in [1.29, 1.82) is 0 Å². The number of carbonyl (C=O) groups is 1. The number of carboxylic acids is 1. The zero-order valence-electron chi connectivity index (χ0n) is 11.0. The van der Waals surface area contributed by atoms with Gasteiger partial charge in [0, 0.05) is 12.2 Å². The van der Waals surface area contributed by atoms with Crippen LogP contribution in [-0.4, -0.2) is 27.1 Å². The molecule has 2 N–H and O–H groups in total. The Bertz CT molecular complexity index is 576. The predicted octanol–water partition coefficient (Wildman–Crippen LogP) is 2.79. The summed E-state index contributed by atoms with van der Waals surface area (Å²) in [7, 11) is 0. The molecule has 0 amide bonds. The highest BCUT2D eigenvalue weighted by Crippen LogP contribution is 2.45. The van der Waals surface area contributed by atoms with Crippen LogP contribution in [0.3, 0.4) is 0 Å². The molecule has 2 saturated carbocycles. The molecule has 3 rings (SSSR count). The Labute approximate surface area is 118 Å². The lowest BCUT2D eigenvalue weighted by atomic mass is 9.95. The monoisotopic (exact) mass is 301 g/mol. The summed E-state index contributed by atoms with van der Waals surface area (Å²) in [5.41, 5.74) is -2.34. The lowest BCUT2D eigenvalue weighted by molar-refractivity contribution is -0.141. The summed E-state index contributed by atoms with van der Waals surface area (Å²) >= 11 is 0. The summed E-state index contributed by atoms with van der Waals surface area (Å²) in [6.45, 7) is 0. The summed E-state index contributed by atoms with van der Waals surface area (Å²) in [6.07, 6.45) is 0.152. The summed E-state index contributed by atoms with van der Waals surface area (Å²) in [5.74, 6) is -0.751. The maximum Gasteiger partial charge on any atom is 0.434 e. The quantitative estimate of drug-likeness (QED) is 0.898. The molecule has 1 aromatic rings. The van der Waals surface area contributed by atoms with Crippen molar-refractivity contribution in [3.8, 4) is 0 Å². The molecule has 2 bridgehead atoms. The standard InChI is InChI=1S/C13H14F3N3O2/c14-13(15,16)10-8(11(20)21)5-17-12(19-10)18-9-4-6-1-2-7(9)3-6/h5-7,9H,1-4H2,(H,20,21)(H,17,18,19)/t6-,7+,9-/m1/s1. The van der Waals surface area contributed by atoms with Gasteiger partial charge >= 0.3 is 12.1 Å². The smallest absolute Gasteiger partial charge is 0.434 e. The number of aromatic nitrogens is 2. The van der Waals surface area contributed by atoms with Crippen LogP contribution < -0.4 is 5.32 Å². The summed E-state index contributed by atoms with van der Waals surface area (Å²) in [5, 5.41) is 11.7. The van der Waals surface area contributed by atoms with Gasteiger partial charge in [0.1, 0.15) is 5.56 Å². The van der Waals surface area contributed by atoms with Crippen LogP contribution in [0.1, 0.15) is 41.7 Å². The number of nitrogens with zero attached hydrogens (tertiary/aromatic N) is 2. The van der Waals surface area contributed by atoms with Gasteiger partial charge in [-0.2, -0.15) is 13.2 Å². The second kappa shape index (κ2) is 4.85. The molecule has 2 fully saturated rings. The number of carboxylic acid groups (broad SMARTS) is 1. The number of alkyl halides is 3. The molecular weight excluding hydrogens is 287 g/mol. The Morgan fingerprint density at radius 2 is 2.10 bits per heavy atom. The number of fused-ring (bicyclic) bond motifs is 2. The first-order valence-corrected chi connectivity index (χ1v) is 6.78. The predicted molar refractivity (Wildman–Crippen MR) is 66.9 cm³/mol. The van der Waals surface area contributed by atoms with Gasteiger partial charge in [-0.3, -0.25) is 0 Å². The highest BCUT2D eigenvalue weighted by atomic mass is 19.4. The molecule has 8 heteroatoms. The van der Waals surface area contributed by atoms with Crippen molar-refractivity contribution in [2.75, 3.05) is 5.32 Å². The molecule has 114 valence electrons. The van der Waals surface area contributed by atoms with E-state index in [0.717, 1.165) is 19.3 Å². The van der Waals surface area contributed by atoms with E-state index in [-0.39, 0.29) is 12.0 Å². The van der Waals surface area contributed by atoms with Crippen molar-refractivity contribution in [3.05, 3.63) is 17.5 Å². The van der Waals surface area contributed by atoms with Gasteiger partial charge in [-0.1, -0.05) is 6.42 Å². The van der Waals surface area contributed by atoms with Crippen molar-refractivity contribution in [2.24, 2.45) is 11.8 Å². The number of rotatable bonds is 3. The normalized spacial score (nSPS) is 27.9. The van der Waals surface area contributed by atoms with E-state index in [9.17, 15) is 18.0 Å². The Balaban J connectivity index is 1.85. The fourth-order valence-electron chi connectivity index (χ4n) is 3.41. The molecule has 21 heavy (non-hydrogen) atoms. The van der Waals surface area contributed by atoms with Crippen LogP contribution in [0.15, 0.2) is 6.20 Å². The Kier molecular flexibility index (Phi) is 3.26. The molecule has 0 spiro atoms. The van der Waals surface area contributed by atoms with E-state index in [0.29, 0.717) is 18.0 Å². The fourth-order valence-corrected chi connectivity index (χ4v) is 3.41. The van der Waals surface area contributed by atoms with Gasteiger partial charge < -0.3 is 10.4 Å². The van der Waals surface area contributed by atoms with Gasteiger partial charge in [0.05, 0.1) is 0 Å². The average molecular weight is 301 g/mol.